The number of aromatic nitrogens is 1. The Morgan fingerprint density at radius 2 is 2.06 bits per heavy atom. The van der Waals surface area contributed by atoms with E-state index in [1.54, 1.807) is 19.9 Å². The van der Waals surface area contributed by atoms with E-state index in [2.05, 4.69) is 10.3 Å². The van der Waals surface area contributed by atoms with Crippen LogP contribution in [0.25, 0.3) is 0 Å². The van der Waals surface area contributed by atoms with Gasteiger partial charge in [-0.3, -0.25) is 0 Å². The molecule has 3 nitrogen and oxygen atoms in total. The van der Waals surface area contributed by atoms with Gasteiger partial charge in [0.05, 0.1) is 5.56 Å². The summed E-state index contributed by atoms with van der Waals surface area (Å²) in [6, 6.07) is 1.72. The van der Waals surface area contributed by atoms with Crippen molar-refractivity contribution in [1.29, 1.82) is 0 Å². The second-order valence-corrected chi connectivity index (χ2v) is 4.08. The predicted octanol–water partition coefficient (Wildman–Crippen LogP) is 2.31. The zero-order chi connectivity index (χ0) is 13.2. The second kappa shape index (κ2) is 4.87. The van der Waals surface area contributed by atoms with Crippen LogP contribution in [0.1, 0.15) is 16.8 Å². The Balaban J connectivity index is 3.09. The number of halogens is 3. The lowest BCUT2D eigenvalue weighted by Crippen LogP contribution is -2.24. The number of rotatable bonds is 3. The molecule has 3 N–H and O–H groups in total. The first kappa shape index (κ1) is 13.7. The van der Waals surface area contributed by atoms with Crippen LogP contribution in [0.5, 0.6) is 0 Å². The zero-order valence-electron chi connectivity index (χ0n) is 9.35. The molecule has 7 heteroatoms. The molecule has 0 aliphatic heterocycles. The SMILES string of the molecule is Cc1cc(C)c(C(N)=S)c(NCC(F)(F)F)n1. The third-order valence-corrected chi connectivity index (χ3v) is 2.25. The molecule has 1 aromatic heterocycles. The van der Waals surface area contributed by atoms with Gasteiger partial charge in [0.25, 0.3) is 0 Å². The van der Waals surface area contributed by atoms with Crippen molar-refractivity contribution in [1.82, 2.24) is 4.98 Å². The average Bonchev–Trinajstić information content (AvgIpc) is 2.11. The fourth-order valence-electron chi connectivity index (χ4n) is 1.46. The molecule has 0 radical (unpaired) electrons. The van der Waals surface area contributed by atoms with E-state index >= 15 is 0 Å². The first-order chi connectivity index (χ1) is 7.70. The van der Waals surface area contributed by atoms with E-state index in [1.807, 2.05) is 0 Å². The van der Waals surface area contributed by atoms with Crippen molar-refractivity contribution in [2.45, 2.75) is 20.0 Å². The fourth-order valence-corrected chi connectivity index (χ4v) is 1.72. The van der Waals surface area contributed by atoms with Gasteiger partial charge in [0, 0.05) is 5.69 Å². The van der Waals surface area contributed by atoms with Crippen LogP contribution in [0.15, 0.2) is 6.07 Å². The van der Waals surface area contributed by atoms with Gasteiger partial charge in [-0.2, -0.15) is 13.2 Å². The van der Waals surface area contributed by atoms with E-state index in [9.17, 15) is 13.2 Å². The van der Waals surface area contributed by atoms with Gasteiger partial charge >= 0.3 is 6.18 Å². The van der Waals surface area contributed by atoms with Crippen LogP contribution >= 0.6 is 12.2 Å². The minimum atomic E-state index is -4.31. The van der Waals surface area contributed by atoms with E-state index in [0.29, 0.717) is 16.8 Å². The topological polar surface area (TPSA) is 50.9 Å². The van der Waals surface area contributed by atoms with Crippen LogP contribution in [0.3, 0.4) is 0 Å². The summed E-state index contributed by atoms with van der Waals surface area (Å²) in [4.78, 5) is 4.01. The van der Waals surface area contributed by atoms with Crippen molar-refractivity contribution in [2.75, 3.05) is 11.9 Å². The number of aryl methyl sites for hydroxylation is 2. The highest BCUT2D eigenvalue weighted by Gasteiger charge is 2.27. The van der Waals surface area contributed by atoms with E-state index in [4.69, 9.17) is 18.0 Å². The summed E-state index contributed by atoms with van der Waals surface area (Å²) in [5, 5.41) is 2.21. The molecule has 0 amide bonds. The number of pyridine rings is 1. The second-order valence-electron chi connectivity index (χ2n) is 3.64. The van der Waals surface area contributed by atoms with Gasteiger partial charge in [0.2, 0.25) is 0 Å². The highest BCUT2D eigenvalue weighted by Crippen LogP contribution is 2.21. The van der Waals surface area contributed by atoms with Crippen LogP contribution in [0, 0.1) is 13.8 Å². The molecule has 0 aliphatic rings. The Hall–Kier alpha value is -1.37. The number of alkyl halides is 3. The van der Waals surface area contributed by atoms with Crippen LogP contribution < -0.4 is 11.1 Å². The molecule has 0 fully saturated rings. The van der Waals surface area contributed by atoms with E-state index in [-0.39, 0.29) is 10.8 Å². The minimum Gasteiger partial charge on any atom is -0.389 e. The largest absolute Gasteiger partial charge is 0.405 e. The summed E-state index contributed by atoms with van der Waals surface area (Å²) in [6.07, 6.45) is -4.31. The quantitative estimate of drug-likeness (QED) is 0.822. The molecule has 1 rings (SSSR count). The molecule has 1 aromatic rings. The molecule has 0 unspecified atom stereocenters. The summed E-state index contributed by atoms with van der Waals surface area (Å²) < 4.78 is 36.4. The third kappa shape index (κ3) is 3.85. The number of hydrogen-bond donors (Lipinski definition) is 2. The summed E-state index contributed by atoms with van der Waals surface area (Å²) >= 11 is 4.80. The van der Waals surface area contributed by atoms with Crippen molar-refractivity contribution in [3.63, 3.8) is 0 Å². The third-order valence-electron chi connectivity index (χ3n) is 2.05. The van der Waals surface area contributed by atoms with Crippen molar-refractivity contribution in [2.24, 2.45) is 5.73 Å². The van der Waals surface area contributed by atoms with Gasteiger partial charge in [0.15, 0.2) is 0 Å². The average molecular weight is 263 g/mol. The summed E-state index contributed by atoms with van der Waals surface area (Å²) in [6.45, 7) is 2.25. The maximum atomic E-state index is 12.1. The van der Waals surface area contributed by atoms with Crippen molar-refractivity contribution < 1.29 is 13.2 Å². The van der Waals surface area contributed by atoms with E-state index < -0.39 is 12.7 Å². The minimum absolute atomic E-state index is 0.0275. The Morgan fingerprint density at radius 1 is 1.47 bits per heavy atom. The number of nitrogens with zero attached hydrogens (tertiary/aromatic N) is 1. The lowest BCUT2D eigenvalue weighted by molar-refractivity contribution is -0.115. The highest BCUT2D eigenvalue weighted by molar-refractivity contribution is 7.80. The molecular weight excluding hydrogens is 251 g/mol. The molecule has 0 spiro atoms. The Labute approximate surface area is 102 Å². The molecular formula is C10H12F3N3S. The monoisotopic (exact) mass is 263 g/mol. The molecule has 0 aliphatic carbocycles. The van der Waals surface area contributed by atoms with Crippen molar-refractivity contribution in [3.8, 4) is 0 Å². The predicted molar refractivity (Wildman–Crippen MR) is 64.1 cm³/mol. The van der Waals surface area contributed by atoms with Crippen LogP contribution in [-0.4, -0.2) is 22.7 Å². The molecule has 0 saturated carbocycles. The van der Waals surface area contributed by atoms with Crippen LogP contribution in [0.4, 0.5) is 19.0 Å². The Kier molecular flexibility index (Phi) is 3.92. The molecule has 1 heterocycles. The number of thiocarbonyl (C=S) groups is 1. The normalized spacial score (nSPS) is 11.4. The van der Waals surface area contributed by atoms with Gasteiger partial charge in [-0.05, 0) is 25.5 Å². The standard InChI is InChI=1S/C10H12F3N3S/c1-5-3-6(2)16-9(7(5)8(14)17)15-4-10(11,12)13/h3H,4H2,1-2H3,(H2,14,17)(H,15,16). The van der Waals surface area contributed by atoms with E-state index in [1.165, 1.54) is 0 Å². The van der Waals surface area contributed by atoms with Crippen LogP contribution in [0.2, 0.25) is 0 Å². The van der Waals surface area contributed by atoms with Gasteiger partial charge in [-0.1, -0.05) is 12.2 Å². The van der Waals surface area contributed by atoms with Crippen molar-refractivity contribution >= 4 is 23.0 Å². The lowest BCUT2D eigenvalue weighted by atomic mass is 10.1. The maximum Gasteiger partial charge on any atom is 0.405 e. The molecule has 0 aromatic carbocycles. The summed E-state index contributed by atoms with van der Waals surface area (Å²) in [5.74, 6) is 0.0762. The highest BCUT2D eigenvalue weighted by atomic mass is 32.1. The van der Waals surface area contributed by atoms with Gasteiger partial charge < -0.3 is 11.1 Å². The molecule has 0 bridgehead atoms. The zero-order valence-corrected chi connectivity index (χ0v) is 10.2. The van der Waals surface area contributed by atoms with Crippen LogP contribution in [-0.2, 0) is 0 Å². The number of nitrogens with one attached hydrogen (secondary N) is 1. The number of hydrogen-bond acceptors (Lipinski definition) is 3. The maximum absolute atomic E-state index is 12.1. The molecule has 94 valence electrons. The Bertz CT molecular complexity index is 443. The molecule has 0 atom stereocenters. The lowest BCUT2D eigenvalue weighted by Gasteiger charge is -2.14. The fraction of sp³-hybridized carbons (Fsp3) is 0.400. The first-order valence-corrected chi connectivity index (χ1v) is 5.20. The van der Waals surface area contributed by atoms with Gasteiger partial charge in [-0.25, -0.2) is 4.98 Å². The van der Waals surface area contributed by atoms with Gasteiger partial charge in [-0.15, -0.1) is 0 Å². The van der Waals surface area contributed by atoms with Gasteiger partial charge in [0.1, 0.15) is 17.4 Å². The summed E-state index contributed by atoms with van der Waals surface area (Å²) in [7, 11) is 0. The smallest absolute Gasteiger partial charge is 0.389 e. The Morgan fingerprint density at radius 3 is 2.53 bits per heavy atom. The van der Waals surface area contributed by atoms with Crippen molar-refractivity contribution in [3.05, 3.63) is 22.9 Å². The first-order valence-electron chi connectivity index (χ1n) is 4.79. The number of nitrogens with two attached hydrogens (primary N) is 1. The number of anilines is 1. The van der Waals surface area contributed by atoms with E-state index in [0.717, 1.165) is 0 Å². The molecule has 17 heavy (non-hydrogen) atoms. The molecule has 0 saturated heterocycles. The summed E-state index contributed by atoms with van der Waals surface area (Å²) in [5.41, 5.74) is 7.14.